The summed E-state index contributed by atoms with van der Waals surface area (Å²) in [5.41, 5.74) is 4.81. The second-order valence-corrected chi connectivity index (χ2v) is 8.61. The van der Waals surface area contributed by atoms with Crippen molar-refractivity contribution >= 4 is 5.91 Å². The number of hydrogen-bond donors (Lipinski definition) is 0. The van der Waals surface area contributed by atoms with Crippen molar-refractivity contribution in [2.75, 3.05) is 26.2 Å². The van der Waals surface area contributed by atoms with Gasteiger partial charge in [-0.25, -0.2) is 0 Å². The highest BCUT2D eigenvalue weighted by atomic mass is 16.5. The lowest BCUT2D eigenvalue weighted by molar-refractivity contribution is -0.140. The van der Waals surface area contributed by atoms with E-state index in [2.05, 4.69) is 78.6 Å². The van der Waals surface area contributed by atoms with E-state index in [1.54, 1.807) is 0 Å². The van der Waals surface area contributed by atoms with Crippen molar-refractivity contribution in [2.24, 2.45) is 0 Å². The van der Waals surface area contributed by atoms with E-state index in [0.717, 1.165) is 24.4 Å². The molecule has 0 spiro atoms. The van der Waals surface area contributed by atoms with Gasteiger partial charge in [0.25, 0.3) is 5.91 Å². The molecule has 1 amide bonds. The van der Waals surface area contributed by atoms with Crippen molar-refractivity contribution < 1.29 is 9.53 Å². The monoisotopic (exact) mass is 428 g/mol. The Morgan fingerprint density at radius 3 is 1.91 bits per heavy atom. The van der Waals surface area contributed by atoms with Crippen LogP contribution in [-0.2, 0) is 4.79 Å². The predicted molar refractivity (Wildman–Crippen MR) is 129 cm³/mol. The van der Waals surface area contributed by atoms with Crippen LogP contribution in [-0.4, -0.2) is 48.0 Å². The van der Waals surface area contributed by atoms with Crippen LogP contribution in [0.15, 0.2) is 78.9 Å². The zero-order valence-electron chi connectivity index (χ0n) is 19.2. The minimum atomic E-state index is -0.498. The number of aryl methyl sites for hydroxylation is 2. The van der Waals surface area contributed by atoms with Gasteiger partial charge >= 0.3 is 0 Å². The van der Waals surface area contributed by atoms with Crippen molar-refractivity contribution in [1.82, 2.24) is 9.80 Å². The van der Waals surface area contributed by atoms with Gasteiger partial charge in [-0.3, -0.25) is 9.69 Å². The van der Waals surface area contributed by atoms with Crippen LogP contribution in [0.2, 0.25) is 0 Å². The van der Waals surface area contributed by atoms with Gasteiger partial charge in [-0.2, -0.15) is 0 Å². The summed E-state index contributed by atoms with van der Waals surface area (Å²) < 4.78 is 6.02. The van der Waals surface area contributed by atoms with Crippen LogP contribution in [0.3, 0.4) is 0 Å². The Morgan fingerprint density at radius 2 is 1.38 bits per heavy atom. The Hall–Kier alpha value is -3.11. The first-order valence-electron chi connectivity index (χ1n) is 11.4. The fraction of sp³-hybridized carbons (Fsp3) is 0.321. The zero-order chi connectivity index (χ0) is 22.5. The Balaban J connectivity index is 1.42. The Labute approximate surface area is 191 Å². The van der Waals surface area contributed by atoms with Gasteiger partial charge in [0.15, 0.2) is 6.10 Å². The normalized spacial score (nSPS) is 15.6. The summed E-state index contributed by atoms with van der Waals surface area (Å²) in [6.07, 6.45) is -0.498. The average Bonchev–Trinajstić information content (AvgIpc) is 2.82. The first-order chi connectivity index (χ1) is 15.5. The van der Waals surface area contributed by atoms with E-state index >= 15 is 0 Å². The number of ether oxygens (including phenoxy) is 1. The maximum Gasteiger partial charge on any atom is 0.263 e. The smallest absolute Gasteiger partial charge is 0.263 e. The molecule has 1 fully saturated rings. The first kappa shape index (κ1) is 22.1. The van der Waals surface area contributed by atoms with Gasteiger partial charge in [0.1, 0.15) is 5.75 Å². The summed E-state index contributed by atoms with van der Waals surface area (Å²) >= 11 is 0. The van der Waals surface area contributed by atoms with E-state index in [-0.39, 0.29) is 11.9 Å². The third-order valence-electron chi connectivity index (χ3n) is 6.20. The van der Waals surface area contributed by atoms with Gasteiger partial charge in [0, 0.05) is 26.2 Å². The zero-order valence-corrected chi connectivity index (χ0v) is 19.2. The van der Waals surface area contributed by atoms with Crippen LogP contribution >= 0.6 is 0 Å². The van der Waals surface area contributed by atoms with Gasteiger partial charge in [-0.15, -0.1) is 0 Å². The average molecular weight is 429 g/mol. The number of carbonyl (C=O) groups excluding carboxylic acids is 1. The third-order valence-corrected chi connectivity index (χ3v) is 6.20. The number of piperazine rings is 1. The maximum absolute atomic E-state index is 13.1. The van der Waals surface area contributed by atoms with Crippen LogP contribution in [0.25, 0.3) is 0 Å². The van der Waals surface area contributed by atoms with Crippen LogP contribution in [0, 0.1) is 13.8 Å². The molecular weight excluding hydrogens is 396 g/mol. The van der Waals surface area contributed by atoms with Crippen molar-refractivity contribution in [3.8, 4) is 5.75 Å². The minimum absolute atomic E-state index is 0.0561. The van der Waals surface area contributed by atoms with E-state index in [4.69, 9.17) is 4.74 Å². The van der Waals surface area contributed by atoms with Gasteiger partial charge in [-0.05, 0) is 43.5 Å². The summed E-state index contributed by atoms with van der Waals surface area (Å²) in [4.78, 5) is 17.5. The van der Waals surface area contributed by atoms with Crippen molar-refractivity contribution in [1.29, 1.82) is 0 Å². The molecule has 1 aliphatic rings. The Kier molecular flexibility index (Phi) is 6.91. The van der Waals surface area contributed by atoms with Crippen molar-refractivity contribution in [3.63, 3.8) is 0 Å². The summed E-state index contributed by atoms with van der Waals surface area (Å²) in [6, 6.07) is 27.5. The molecule has 3 aromatic rings. The number of amides is 1. The number of hydrogen-bond acceptors (Lipinski definition) is 3. The molecular formula is C28H32N2O2. The highest BCUT2D eigenvalue weighted by Gasteiger charge is 2.30. The highest BCUT2D eigenvalue weighted by molar-refractivity contribution is 5.81. The summed E-state index contributed by atoms with van der Waals surface area (Å²) in [7, 11) is 0. The second-order valence-electron chi connectivity index (χ2n) is 8.61. The Morgan fingerprint density at radius 1 is 0.812 bits per heavy atom. The van der Waals surface area contributed by atoms with E-state index in [9.17, 15) is 4.79 Å². The molecule has 0 radical (unpaired) electrons. The number of nitrogens with zero attached hydrogens (tertiary/aromatic N) is 2. The molecule has 0 bridgehead atoms. The molecule has 1 saturated heterocycles. The number of carbonyl (C=O) groups is 1. The molecule has 3 aromatic carbocycles. The molecule has 0 saturated carbocycles. The molecule has 4 rings (SSSR count). The Bertz CT molecular complexity index is 988. The lowest BCUT2D eigenvalue weighted by Crippen LogP contribution is -2.52. The lowest BCUT2D eigenvalue weighted by Gasteiger charge is -2.40. The quantitative estimate of drug-likeness (QED) is 0.554. The third kappa shape index (κ3) is 5.03. The molecule has 1 atom stereocenters. The van der Waals surface area contributed by atoms with Crippen LogP contribution in [0.4, 0.5) is 0 Å². The van der Waals surface area contributed by atoms with E-state index < -0.39 is 6.10 Å². The summed E-state index contributed by atoms with van der Waals surface area (Å²) in [5.74, 6) is 0.837. The predicted octanol–water partition coefficient (Wildman–Crippen LogP) is 5.00. The standard InChI is InChI=1S/C28H32N2O2/c1-21-14-15-26(22(2)20-21)32-23(3)28(31)30-18-16-29(17-19-30)27(24-10-6-4-7-11-24)25-12-8-5-9-13-25/h4-15,20,23,27H,16-19H2,1-3H3/t23-/m1/s1. The largest absolute Gasteiger partial charge is 0.481 e. The van der Waals surface area contributed by atoms with Gasteiger partial charge in [0.05, 0.1) is 6.04 Å². The highest BCUT2D eigenvalue weighted by Crippen LogP contribution is 2.29. The van der Waals surface area contributed by atoms with Crippen LogP contribution < -0.4 is 4.74 Å². The fourth-order valence-electron chi connectivity index (χ4n) is 4.51. The topological polar surface area (TPSA) is 32.8 Å². The number of benzene rings is 3. The molecule has 0 aliphatic carbocycles. The van der Waals surface area contributed by atoms with E-state index in [1.807, 2.05) is 30.9 Å². The van der Waals surface area contributed by atoms with Gasteiger partial charge in [0.2, 0.25) is 0 Å². The second kappa shape index (κ2) is 10.0. The SMILES string of the molecule is Cc1ccc(O[C@H](C)C(=O)N2CCN(C(c3ccccc3)c3ccccc3)CC2)c(C)c1. The summed E-state index contributed by atoms with van der Waals surface area (Å²) in [5, 5.41) is 0. The summed E-state index contributed by atoms with van der Waals surface area (Å²) in [6.45, 7) is 9.00. The molecule has 0 N–H and O–H groups in total. The lowest BCUT2D eigenvalue weighted by atomic mass is 9.96. The van der Waals surface area contributed by atoms with Crippen molar-refractivity contribution in [3.05, 3.63) is 101 Å². The van der Waals surface area contributed by atoms with Crippen LogP contribution in [0.1, 0.15) is 35.2 Å². The molecule has 0 aromatic heterocycles. The fourth-order valence-corrected chi connectivity index (χ4v) is 4.51. The maximum atomic E-state index is 13.1. The number of rotatable bonds is 6. The van der Waals surface area contributed by atoms with E-state index in [1.165, 1.54) is 16.7 Å². The molecule has 1 aliphatic heterocycles. The van der Waals surface area contributed by atoms with Gasteiger partial charge < -0.3 is 9.64 Å². The molecule has 1 heterocycles. The molecule has 0 unspecified atom stereocenters. The first-order valence-corrected chi connectivity index (χ1v) is 11.4. The molecule has 4 nitrogen and oxygen atoms in total. The minimum Gasteiger partial charge on any atom is -0.481 e. The molecule has 32 heavy (non-hydrogen) atoms. The van der Waals surface area contributed by atoms with Crippen LogP contribution in [0.5, 0.6) is 5.75 Å². The molecule has 4 heteroatoms. The van der Waals surface area contributed by atoms with E-state index in [0.29, 0.717) is 13.1 Å². The van der Waals surface area contributed by atoms with Gasteiger partial charge in [-0.1, -0.05) is 78.4 Å². The molecule has 166 valence electrons. The van der Waals surface area contributed by atoms with Crippen molar-refractivity contribution in [2.45, 2.75) is 32.9 Å².